The van der Waals surface area contributed by atoms with Gasteiger partial charge >= 0.3 is 5.97 Å². The number of β-lactam (4-membered cyclic amide) rings is 1. The summed E-state index contributed by atoms with van der Waals surface area (Å²) in [6.45, 7) is 2.90. The number of aliphatic hydroxyl groups excluding tert-OH is 1. The molecule has 0 aromatic heterocycles. The summed E-state index contributed by atoms with van der Waals surface area (Å²) in [5, 5.41) is 22.0. The van der Waals surface area contributed by atoms with E-state index in [1.54, 1.807) is 52.0 Å². The van der Waals surface area contributed by atoms with Crippen molar-refractivity contribution in [1.82, 2.24) is 4.90 Å². The Balaban J connectivity index is 1.33. The summed E-state index contributed by atoms with van der Waals surface area (Å²) >= 11 is 0. The Hall–Kier alpha value is -4.02. The Bertz CT molecular complexity index is 1440. The van der Waals surface area contributed by atoms with E-state index in [0.29, 0.717) is 62.3 Å². The molecular formula is C33H39N3O7. The molecule has 2 aromatic carbocycles. The number of rotatable bonds is 11. The standard InChI is InChI=1S/C33H39N3O7/c1-22(8-7-11-29(38)36-20-24-10-4-3-9-23(24)18-26(36)21-37)33(42)27-19-25(34-17-15-30(34)39)13-14-28(27)35(32(33)41)16-6-5-12-31(40)43-2/h3-4,7-10,13-14,19,22,26,37,42H,5-6,11-12,15-18,20-21H2,1-2H3/b8-7+/t22-,26-,33+/m0/s1. The highest BCUT2D eigenvalue weighted by Crippen LogP contribution is 2.47. The molecule has 0 aliphatic carbocycles. The number of unbranched alkanes of at least 4 members (excludes halogenated alkanes) is 1. The predicted octanol–water partition coefficient (Wildman–Crippen LogP) is 2.83. The lowest BCUT2D eigenvalue weighted by Gasteiger charge is -2.36. The van der Waals surface area contributed by atoms with Crippen LogP contribution >= 0.6 is 0 Å². The van der Waals surface area contributed by atoms with Crippen LogP contribution in [0.25, 0.3) is 0 Å². The largest absolute Gasteiger partial charge is 0.469 e. The molecule has 3 amide bonds. The summed E-state index contributed by atoms with van der Waals surface area (Å²) in [5.74, 6) is -1.65. The van der Waals surface area contributed by atoms with E-state index in [4.69, 9.17) is 4.74 Å². The molecule has 2 aromatic rings. The van der Waals surface area contributed by atoms with Gasteiger partial charge in [-0.05, 0) is 48.6 Å². The van der Waals surface area contributed by atoms with Crippen LogP contribution in [0.5, 0.6) is 0 Å². The minimum absolute atomic E-state index is 0.0135. The number of esters is 1. The average molecular weight is 590 g/mol. The van der Waals surface area contributed by atoms with Gasteiger partial charge in [-0.1, -0.05) is 43.3 Å². The monoisotopic (exact) mass is 589 g/mol. The highest BCUT2D eigenvalue weighted by Gasteiger charge is 2.52. The fourth-order valence-electron chi connectivity index (χ4n) is 6.23. The molecule has 10 heteroatoms. The zero-order chi connectivity index (χ0) is 30.7. The molecule has 0 bridgehead atoms. The second kappa shape index (κ2) is 12.7. The van der Waals surface area contributed by atoms with Crippen LogP contribution in [0, 0.1) is 5.92 Å². The first-order valence-electron chi connectivity index (χ1n) is 14.9. The average Bonchev–Trinajstić information content (AvgIpc) is 3.23. The van der Waals surface area contributed by atoms with Gasteiger partial charge in [0.1, 0.15) is 0 Å². The van der Waals surface area contributed by atoms with Crippen molar-refractivity contribution >= 4 is 35.1 Å². The van der Waals surface area contributed by atoms with E-state index in [1.165, 1.54) is 7.11 Å². The van der Waals surface area contributed by atoms with Crippen molar-refractivity contribution in [2.45, 2.75) is 63.6 Å². The van der Waals surface area contributed by atoms with Gasteiger partial charge in [-0.15, -0.1) is 0 Å². The van der Waals surface area contributed by atoms with Crippen LogP contribution in [-0.2, 0) is 42.5 Å². The van der Waals surface area contributed by atoms with Crippen LogP contribution in [0.2, 0.25) is 0 Å². The predicted molar refractivity (Wildman–Crippen MR) is 160 cm³/mol. The molecule has 10 nitrogen and oxygen atoms in total. The Morgan fingerprint density at radius 2 is 1.91 bits per heavy atom. The Labute approximate surface area is 251 Å². The van der Waals surface area contributed by atoms with Gasteiger partial charge < -0.3 is 29.6 Å². The fraction of sp³-hybridized carbons (Fsp3) is 0.455. The second-order valence-electron chi connectivity index (χ2n) is 11.5. The number of benzene rings is 2. The lowest BCUT2D eigenvalue weighted by molar-refractivity contribution is -0.140. The van der Waals surface area contributed by atoms with Crippen molar-refractivity contribution in [2.24, 2.45) is 5.92 Å². The lowest BCUT2D eigenvalue weighted by Crippen LogP contribution is -2.46. The molecule has 0 radical (unpaired) electrons. The number of aliphatic hydroxyl groups is 2. The van der Waals surface area contributed by atoms with E-state index < -0.39 is 17.4 Å². The number of ether oxygens (including phenoxy) is 1. The van der Waals surface area contributed by atoms with Crippen LogP contribution in [0.15, 0.2) is 54.6 Å². The van der Waals surface area contributed by atoms with Crippen molar-refractivity contribution in [3.8, 4) is 0 Å². The molecule has 228 valence electrons. The smallest absolute Gasteiger partial charge is 0.305 e. The van der Waals surface area contributed by atoms with Crippen LogP contribution < -0.4 is 9.80 Å². The molecule has 0 spiro atoms. The maximum Gasteiger partial charge on any atom is 0.305 e. The van der Waals surface area contributed by atoms with Crippen molar-refractivity contribution in [2.75, 3.05) is 36.6 Å². The Kier molecular flexibility index (Phi) is 8.98. The number of hydrogen-bond acceptors (Lipinski definition) is 7. The van der Waals surface area contributed by atoms with Crippen LogP contribution in [-0.4, -0.2) is 71.7 Å². The van der Waals surface area contributed by atoms with Crippen LogP contribution in [0.4, 0.5) is 11.4 Å². The molecular weight excluding hydrogens is 550 g/mol. The normalized spacial score (nSPS) is 22.0. The van der Waals surface area contributed by atoms with Crippen molar-refractivity contribution in [3.05, 3.63) is 71.3 Å². The van der Waals surface area contributed by atoms with E-state index in [-0.39, 0.29) is 43.3 Å². The molecule has 0 saturated carbocycles. The van der Waals surface area contributed by atoms with Crippen molar-refractivity contribution in [3.63, 3.8) is 0 Å². The van der Waals surface area contributed by atoms with Gasteiger partial charge in [0.05, 0.1) is 25.4 Å². The van der Waals surface area contributed by atoms with Gasteiger partial charge in [-0.25, -0.2) is 0 Å². The van der Waals surface area contributed by atoms with E-state index in [2.05, 4.69) is 0 Å². The van der Waals surface area contributed by atoms with E-state index >= 15 is 0 Å². The molecule has 43 heavy (non-hydrogen) atoms. The SMILES string of the molecule is COC(=O)CCCCN1C(=O)[C@@](O)([C@@H](C)/C=C/CC(=O)N2Cc3ccccc3C[C@H]2CO)c2cc(N3CCC3=O)ccc21. The van der Waals surface area contributed by atoms with Crippen molar-refractivity contribution < 1.29 is 34.1 Å². The van der Waals surface area contributed by atoms with Gasteiger partial charge in [0, 0.05) is 56.1 Å². The third-order valence-corrected chi connectivity index (χ3v) is 8.92. The lowest BCUT2D eigenvalue weighted by atomic mass is 9.82. The van der Waals surface area contributed by atoms with Crippen molar-refractivity contribution in [1.29, 1.82) is 0 Å². The van der Waals surface area contributed by atoms with E-state index in [0.717, 1.165) is 11.1 Å². The summed E-state index contributed by atoms with van der Waals surface area (Å²) in [6.07, 6.45) is 5.76. The number of fused-ring (bicyclic) bond motifs is 2. The number of hydrogen-bond donors (Lipinski definition) is 2. The van der Waals surface area contributed by atoms with Gasteiger partial charge in [-0.3, -0.25) is 19.2 Å². The first-order valence-corrected chi connectivity index (χ1v) is 14.9. The Morgan fingerprint density at radius 3 is 2.58 bits per heavy atom. The molecule has 3 heterocycles. The molecule has 5 rings (SSSR count). The molecule has 0 unspecified atom stereocenters. The summed E-state index contributed by atoms with van der Waals surface area (Å²) in [7, 11) is 1.34. The zero-order valence-corrected chi connectivity index (χ0v) is 24.7. The third kappa shape index (κ3) is 5.81. The first kappa shape index (κ1) is 30.4. The van der Waals surface area contributed by atoms with Gasteiger partial charge in [0.15, 0.2) is 5.60 Å². The summed E-state index contributed by atoms with van der Waals surface area (Å²) < 4.78 is 4.71. The van der Waals surface area contributed by atoms with Crippen LogP contribution in [0.3, 0.4) is 0 Å². The molecule has 1 fully saturated rings. The highest BCUT2D eigenvalue weighted by molar-refractivity contribution is 6.08. The third-order valence-electron chi connectivity index (χ3n) is 8.92. The van der Waals surface area contributed by atoms with Crippen LogP contribution in [0.1, 0.15) is 55.7 Å². The fourth-order valence-corrected chi connectivity index (χ4v) is 6.23. The number of methoxy groups -OCH3 is 1. The van der Waals surface area contributed by atoms with Gasteiger partial charge in [-0.2, -0.15) is 0 Å². The summed E-state index contributed by atoms with van der Waals surface area (Å²) in [6, 6.07) is 12.8. The topological polar surface area (TPSA) is 128 Å². The number of amides is 3. The molecule has 1 saturated heterocycles. The minimum Gasteiger partial charge on any atom is -0.469 e. The van der Waals surface area contributed by atoms with E-state index in [9.17, 15) is 29.4 Å². The maximum atomic E-state index is 13.8. The van der Waals surface area contributed by atoms with Gasteiger partial charge in [0.2, 0.25) is 11.8 Å². The number of nitrogens with zero attached hydrogens (tertiary/aromatic N) is 3. The minimum atomic E-state index is -1.90. The summed E-state index contributed by atoms with van der Waals surface area (Å²) in [4.78, 5) is 55.6. The first-order chi connectivity index (χ1) is 20.7. The zero-order valence-electron chi connectivity index (χ0n) is 24.7. The molecule has 3 atom stereocenters. The molecule has 3 aliphatic heterocycles. The maximum absolute atomic E-state index is 13.8. The molecule has 2 N–H and O–H groups in total. The number of carbonyl (C=O) groups is 4. The quantitative estimate of drug-likeness (QED) is 0.179. The Morgan fingerprint density at radius 1 is 1.14 bits per heavy atom. The molecule has 3 aliphatic rings. The van der Waals surface area contributed by atoms with Gasteiger partial charge in [0.25, 0.3) is 5.91 Å². The summed E-state index contributed by atoms with van der Waals surface area (Å²) in [5.41, 5.74) is 1.89. The number of anilines is 2. The second-order valence-corrected chi connectivity index (χ2v) is 11.5. The number of carbonyl (C=O) groups excluding carboxylic acids is 4. The highest BCUT2D eigenvalue weighted by atomic mass is 16.5. The van der Waals surface area contributed by atoms with E-state index in [1.807, 2.05) is 24.3 Å².